The third-order valence-electron chi connectivity index (χ3n) is 5.59. The van der Waals surface area contributed by atoms with E-state index in [1.165, 1.54) is 18.4 Å². The number of benzene rings is 3. The molecule has 2 aromatic heterocycles. The Hall–Kier alpha value is -3.61. The number of halogens is 1. The Morgan fingerprint density at radius 3 is 2.53 bits per heavy atom. The van der Waals surface area contributed by atoms with Crippen molar-refractivity contribution in [3.63, 3.8) is 0 Å². The van der Waals surface area contributed by atoms with Gasteiger partial charge in [0.1, 0.15) is 23.2 Å². The molecule has 5 rings (SSSR count). The van der Waals surface area contributed by atoms with E-state index >= 15 is 0 Å². The van der Waals surface area contributed by atoms with Crippen molar-refractivity contribution in [1.29, 1.82) is 0 Å². The molecule has 1 atom stereocenters. The van der Waals surface area contributed by atoms with Gasteiger partial charge in [-0.2, -0.15) is 0 Å². The lowest BCUT2D eigenvalue weighted by atomic mass is 10.1. The van der Waals surface area contributed by atoms with E-state index in [1.54, 1.807) is 6.33 Å². The number of nitrogens with zero attached hydrogens (tertiary/aromatic N) is 2. The Labute approximate surface area is 206 Å². The number of thiophene rings is 1. The average molecular weight is 489 g/mol. The van der Waals surface area contributed by atoms with E-state index in [0.717, 1.165) is 32.7 Å². The highest BCUT2D eigenvalue weighted by Gasteiger charge is 2.23. The maximum absolute atomic E-state index is 12.5. The van der Waals surface area contributed by atoms with Crippen molar-refractivity contribution in [2.75, 3.05) is 7.11 Å². The molecule has 0 saturated carbocycles. The van der Waals surface area contributed by atoms with Gasteiger partial charge in [0.2, 0.25) is 0 Å². The van der Waals surface area contributed by atoms with E-state index in [2.05, 4.69) is 29.2 Å². The van der Waals surface area contributed by atoms with Crippen LogP contribution in [-0.4, -0.2) is 22.6 Å². The summed E-state index contributed by atoms with van der Waals surface area (Å²) in [6, 6.07) is 25.7. The smallest absolute Gasteiger partial charge is 0.351 e. The van der Waals surface area contributed by atoms with E-state index in [0.29, 0.717) is 15.6 Å². The largest absolute Gasteiger partial charge is 0.484 e. The van der Waals surface area contributed by atoms with Crippen molar-refractivity contribution >= 4 is 39.9 Å². The lowest BCUT2D eigenvalue weighted by molar-refractivity contribution is 0.0600. The monoisotopic (exact) mass is 488 g/mol. The first-order valence-electron chi connectivity index (χ1n) is 10.7. The average Bonchev–Trinajstić information content (AvgIpc) is 3.48. The number of esters is 1. The first kappa shape index (κ1) is 22.2. The number of aromatic nitrogens is 2. The molecular formula is C27H21ClN2O3S. The number of fused-ring (bicyclic) bond motifs is 1. The molecule has 0 amide bonds. The van der Waals surface area contributed by atoms with Gasteiger partial charge in [0.15, 0.2) is 4.88 Å². The highest BCUT2D eigenvalue weighted by Crippen LogP contribution is 2.38. The predicted molar refractivity (Wildman–Crippen MR) is 136 cm³/mol. The summed E-state index contributed by atoms with van der Waals surface area (Å²) in [5.74, 6) is -0.00424. The van der Waals surface area contributed by atoms with Crippen LogP contribution in [0.4, 0.5) is 0 Å². The van der Waals surface area contributed by atoms with Gasteiger partial charge in [0, 0.05) is 16.7 Å². The van der Waals surface area contributed by atoms with Crippen LogP contribution in [0.2, 0.25) is 5.02 Å². The lowest BCUT2D eigenvalue weighted by Crippen LogP contribution is -2.07. The fourth-order valence-corrected chi connectivity index (χ4v) is 5.14. The molecule has 0 aliphatic carbocycles. The van der Waals surface area contributed by atoms with Crippen LogP contribution in [0.15, 0.2) is 85.2 Å². The molecule has 34 heavy (non-hydrogen) atoms. The molecule has 0 unspecified atom stereocenters. The molecule has 0 aliphatic heterocycles. The zero-order chi connectivity index (χ0) is 23.7. The zero-order valence-electron chi connectivity index (χ0n) is 18.6. The number of ether oxygens (including phenoxy) is 2. The quantitative estimate of drug-likeness (QED) is 0.235. The molecule has 0 bridgehead atoms. The minimum atomic E-state index is -0.451. The number of methoxy groups -OCH3 is 1. The summed E-state index contributed by atoms with van der Waals surface area (Å²) in [4.78, 5) is 17.5. The molecule has 7 heteroatoms. The third-order valence-corrected chi connectivity index (χ3v) is 7.03. The number of imidazole rings is 1. The van der Waals surface area contributed by atoms with Crippen LogP contribution in [-0.2, 0) is 4.74 Å². The molecule has 0 radical (unpaired) electrons. The van der Waals surface area contributed by atoms with Gasteiger partial charge >= 0.3 is 5.97 Å². The summed E-state index contributed by atoms with van der Waals surface area (Å²) in [7, 11) is 1.36. The van der Waals surface area contributed by atoms with Gasteiger partial charge < -0.3 is 9.47 Å². The van der Waals surface area contributed by atoms with Crippen molar-refractivity contribution in [2.45, 2.75) is 13.0 Å². The number of rotatable bonds is 6. The maximum atomic E-state index is 12.5. The van der Waals surface area contributed by atoms with Crippen LogP contribution in [0.5, 0.6) is 5.75 Å². The Morgan fingerprint density at radius 2 is 1.76 bits per heavy atom. The zero-order valence-corrected chi connectivity index (χ0v) is 20.1. The van der Waals surface area contributed by atoms with Gasteiger partial charge in [-0.3, -0.25) is 4.57 Å². The van der Waals surface area contributed by atoms with Crippen LogP contribution >= 0.6 is 22.9 Å². The SMILES string of the molecule is COC(=O)c1sc(-n2cnc3cc(-c4ccccc4)ccc32)cc1O[C@H](C)c1ccccc1Cl. The van der Waals surface area contributed by atoms with Crippen molar-refractivity contribution < 1.29 is 14.3 Å². The molecule has 0 fully saturated rings. The lowest BCUT2D eigenvalue weighted by Gasteiger charge is -2.16. The van der Waals surface area contributed by atoms with Crippen molar-refractivity contribution in [1.82, 2.24) is 9.55 Å². The van der Waals surface area contributed by atoms with Gasteiger partial charge in [-0.25, -0.2) is 9.78 Å². The van der Waals surface area contributed by atoms with Crippen molar-refractivity contribution in [3.05, 3.63) is 101 Å². The van der Waals surface area contributed by atoms with Gasteiger partial charge in [-0.15, -0.1) is 11.3 Å². The highest BCUT2D eigenvalue weighted by atomic mass is 35.5. The molecule has 5 aromatic rings. The second-order valence-electron chi connectivity index (χ2n) is 7.74. The summed E-state index contributed by atoms with van der Waals surface area (Å²) < 4.78 is 13.2. The number of hydrogen-bond donors (Lipinski definition) is 0. The van der Waals surface area contributed by atoms with Gasteiger partial charge in [0.05, 0.1) is 18.1 Å². The molecule has 2 heterocycles. The summed E-state index contributed by atoms with van der Waals surface area (Å²) in [6.45, 7) is 1.90. The predicted octanol–water partition coefficient (Wildman–Crippen LogP) is 7.33. The van der Waals surface area contributed by atoms with Crippen LogP contribution in [0.1, 0.15) is 28.3 Å². The molecular weight excluding hydrogens is 468 g/mol. The minimum Gasteiger partial charge on any atom is -0.484 e. The minimum absolute atomic E-state index is 0.354. The topological polar surface area (TPSA) is 53.4 Å². The Kier molecular flexibility index (Phi) is 6.09. The fraction of sp³-hybridized carbons (Fsp3) is 0.111. The van der Waals surface area contributed by atoms with Gasteiger partial charge in [-0.05, 0) is 36.2 Å². The molecule has 0 spiro atoms. The van der Waals surface area contributed by atoms with Gasteiger partial charge in [-0.1, -0.05) is 66.2 Å². The Morgan fingerprint density at radius 1 is 1.00 bits per heavy atom. The van der Waals surface area contributed by atoms with E-state index in [1.807, 2.05) is 66.1 Å². The van der Waals surface area contributed by atoms with E-state index < -0.39 is 5.97 Å². The summed E-state index contributed by atoms with van der Waals surface area (Å²) in [6.07, 6.45) is 1.40. The van der Waals surface area contributed by atoms with E-state index in [-0.39, 0.29) is 6.10 Å². The standard InChI is InChI=1S/C27H21ClN2O3S/c1-17(20-10-6-7-11-21(20)28)33-24-15-25(34-26(24)27(31)32-2)30-16-29-22-14-19(12-13-23(22)30)18-8-4-3-5-9-18/h3-17H,1-2H3/t17-/m1/s1. The molecule has 3 aromatic carbocycles. The number of carbonyl (C=O) groups is 1. The second-order valence-corrected chi connectivity index (χ2v) is 9.17. The second kappa shape index (κ2) is 9.33. The normalized spacial score (nSPS) is 12.0. The first-order valence-corrected chi connectivity index (χ1v) is 11.9. The van der Waals surface area contributed by atoms with Crippen molar-refractivity contribution in [3.8, 4) is 21.9 Å². The number of carbonyl (C=O) groups excluding carboxylic acids is 1. The van der Waals surface area contributed by atoms with E-state index in [4.69, 9.17) is 21.1 Å². The van der Waals surface area contributed by atoms with Crippen LogP contribution in [0.3, 0.4) is 0 Å². The van der Waals surface area contributed by atoms with Gasteiger partial charge in [0.25, 0.3) is 0 Å². The van der Waals surface area contributed by atoms with Crippen LogP contribution in [0, 0.1) is 0 Å². The maximum Gasteiger partial charge on any atom is 0.351 e. The van der Waals surface area contributed by atoms with E-state index in [9.17, 15) is 4.79 Å². The molecule has 0 aliphatic rings. The summed E-state index contributed by atoms with van der Waals surface area (Å²) in [5, 5.41) is 1.41. The van der Waals surface area contributed by atoms with Crippen LogP contribution < -0.4 is 4.74 Å². The summed E-state index contributed by atoms with van der Waals surface area (Å²) >= 11 is 7.64. The molecule has 5 nitrogen and oxygen atoms in total. The highest BCUT2D eigenvalue weighted by molar-refractivity contribution is 7.16. The third kappa shape index (κ3) is 4.18. The van der Waals surface area contributed by atoms with Crippen LogP contribution in [0.25, 0.3) is 27.2 Å². The summed E-state index contributed by atoms with van der Waals surface area (Å²) in [5.41, 5.74) is 4.86. The Bertz CT molecular complexity index is 1480. The Balaban J connectivity index is 1.52. The fourth-order valence-electron chi connectivity index (χ4n) is 3.86. The molecule has 170 valence electrons. The molecule has 0 saturated heterocycles. The number of hydrogen-bond acceptors (Lipinski definition) is 5. The first-order chi connectivity index (χ1) is 16.5. The van der Waals surface area contributed by atoms with Crippen molar-refractivity contribution in [2.24, 2.45) is 0 Å². The molecule has 0 N–H and O–H groups in total.